The van der Waals surface area contributed by atoms with Gasteiger partial charge in [0.05, 0.1) is 13.2 Å². The van der Waals surface area contributed by atoms with E-state index in [0.29, 0.717) is 23.5 Å². The van der Waals surface area contributed by atoms with Gasteiger partial charge in [0.25, 0.3) is 0 Å². The van der Waals surface area contributed by atoms with Crippen LogP contribution in [0.5, 0.6) is 0 Å². The van der Waals surface area contributed by atoms with Gasteiger partial charge in [-0.3, -0.25) is 9.89 Å². The molecule has 0 aromatic carbocycles. The summed E-state index contributed by atoms with van der Waals surface area (Å²) in [5, 5.41) is 6.98. The lowest BCUT2D eigenvalue weighted by Gasteiger charge is -2.38. The highest BCUT2D eigenvalue weighted by Crippen LogP contribution is 2.21. The van der Waals surface area contributed by atoms with Gasteiger partial charge in [-0.05, 0) is 39.0 Å². The van der Waals surface area contributed by atoms with Crippen molar-refractivity contribution in [1.82, 2.24) is 15.5 Å². The van der Waals surface area contributed by atoms with Crippen LogP contribution in [0.4, 0.5) is 0 Å². The van der Waals surface area contributed by atoms with Gasteiger partial charge in [0.2, 0.25) is 0 Å². The fourth-order valence-electron chi connectivity index (χ4n) is 2.91. The van der Waals surface area contributed by atoms with E-state index in [2.05, 4.69) is 62.1 Å². The lowest BCUT2D eigenvalue weighted by atomic mass is 9.89. The fourth-order valence-corrected chi connectivity index (χ4v) is 2.91. The molecule has 5 nitrogen and oxygen atoms in total. The van der Waals surface area contributed by atoms with Crippen molar-refractivity contribution >= 4 is 29.9 Å². The quantitative estimate of drug-likeness (QED) is 0.368. The van der Waals surface area contributed by atoms with E-state index >= 15 is 0 Å². The normalized spacial score (nSPS) is 22.5. The Bertz CT molecular complexity index is 371. The summed E-state index contributed by atoms with van der Waals surface area (Å²) in [4.78, 5) is 6.87. The summed E-state index contributed by atoms with van der Waals surface area (Å²) >= 11 is 0. The summed E-state index contributed by atoms with van der Waals surface area (Å²) in [5.41, 5.74) is 0.383. The highest BCUT2D eigenvalue weighted by molar-refractivity contribution is 14.0. The summed E-state index contributed by atoms with van der Waals surface area (Å²) < 4.78 is 5.52. The van der Waals surface area contributed by atoms with Gasteiger partial charge in [-0.2, -0.15) is 0 Å². The number of rotatable bonds is 6. The maximum atomic E-state index is 5.52. The van der Waals surface area contributed by atoms with Crippen molar-refractivity contribution in [2.75, 3.05) is 33.4 Å². The standard InChI is InChI=1S/C18H38N4O.HI/c1-14(8-9-18(4,5)6)21-17(19-7)20-12-15(2)22-10-11-23-13-16(22)3;/h14-16H,8-13H2,1-7H3,(H2,19,20,21);1H. The average Bonchev–Trinajstić information content (AvgIpc) is 2.48. The van der Waals surface area contributed by atoms with E-state index in [1.807, 2.05) is 7.05 Å². The molecule has 1 fully saturated rings. The van der Waals surface area contributed by atoms with Crippen LogP contribution in [0.3, 0.4) is 0 Å². The van der Waals surface area contributed by atoms with Crippen LogP contribution in [0.25, 0.3) is 0 Å². The minimum Gasteiger partial charge on any atom is -0.379 e. The third-order valence-electron chi connectivity index (χ3n) is 4.48. The molecule has 0 saturated carbocycles. The molecule has 24 heavy (non-hydrogen) atoms. The second kappa shape index (κ2) is 11.5. The topological polar surface area (TPSA) is 48.9 Å². The van der Waals surface area contributed by atoms with E-state index in [1.54, 1.807) is 0 Å². The third-order valence-corrected chi connectivity index (χ3v) is 4.48. The average molecular weight is 454 g/mol. The number of ether oxygens (including phenoxy) is 1. The first-order valence-electron chi connectivity index (χ1n) is 9.03. The number of nitrogens with zero attached hydrogens (tertiary/aromatic N) is 2. The zero-order valence-electron chi connectivity index (χ0n) is 16.7. The lowest BCUT2D eigenvalue weighted by molar-refractivity contribution is -0.0174. The molecule has 0 amide bonds. The van der Waals surface area contributed by atoms with Crippen LogP contribution in [-0.2, 0) is 4.74 Å². The van der Waals surface area contributed by atoms with Crippen LogP contribution in [0, 0.1) is 5.41 Å². The molecule has 2 N–H and O–H groups in total. The Morgan fingerprint density at radius 1 is 1.33 bits per heavy atom. The molecule has 1 aliphatic rings. The summed E-state index contributed by atoms with van der Waals surface area (Å²) in [7, 11) is 1.84. The molecule has 3 unspecified atom stereocenters. The number of hydrogen-bond donors (Lipinski definition) is 2. The predicted octanol–water partition coefficient (Wildman–Crippen LogP) is 3.09. The van der Waals surface area contributed by atoms with Gasteiger partial charge in [-0.1, -0.05) is 20.8 Å². The van der Waals surface area contributed by atoms with Gasteiger partial charge >= 0.3 is 0 Å². The molecule has 1 aliphatic heterocycles. The molecule has 1 heterocycles. The van der Waals surface area contributed by atoms with E-state index in [9.17, 15) is 0 Å². The Hall–Kier alpha value is -0.0800. The molecule has 0 aliphatic carbocycles. The van der Waals surface area contributed by atoms with Gasteiger partial charge in [-0.25, -0.2) is 0 Å². The zero-order chi connectivity index (χ0) is 17.5. The number of morpholine rings is 1. The highest BCUT2D eigenvalue weighted by Gasteiger charge is 2.23. The van der Waals surface area contributed by atoms with Crippen LogP contribution in [0.15, 0.2) is 4.99 Å². The van der Waals surface area contributed by atoms with E-state index in [0.717, 1.165) is 38.7 Å². The largest absolute Gasteiger partial charge is 0.379 e. The lowest BCUT2D eigenvalue weighted by Crippen LogP contribution is -2.53. The number of aliphatic imine (C=N–C) groups is 1. The Labute approximate surface area is 166 Å². The molecule has 0 radical (unpaired) electrons. The predicted molar refractivity (Wildman–Crippen MR) is 115 cm³/mol. The van der Waals surface area contributed by atoms with E-state index < -0.39 is 0 Å². The summed E-state index contributed by atoms with van der Waals surface area (Å²) in [6, 6.07) is 1.39. The molecular formula is C18H39IN4O. The molecule has 3 atom stereocenters. The molecule has 1 saturated heterocycles. The first-order chi connectivity index (χ1) is 10.7. The molecule has 0 aromatic rings. The summed E-state index contributed by atoms with van der Waals surface area (Å²) in [6.45, 7) is 17.2. The molecule has 144 valence electrons. The second-order valence-electron chi connectivity index (χ2n) is 8.11. The smallest absolute Gasteiger partial charge is 0.191 e. The van der Waals surface area contributed by atoms with Crippen molar-refractivity contribution in [2.24, 2.45) is 10.4 Å². The third kappa shape index (κ3) is 9.42. The Morgan fingerprint density at radius 2 is 2.00 bits per heavy atom. The molecule has 0 aromatic heterocycles. The Kier molecular flexibility index (Phi) is 11.5. The van der Waals surface area contributed by atoms with Crippen LogP contribution in [0.2, 0.25) is 0 Å². The highest BCUT2D eigenvalue weighted by atomic mass is 127. The molecule has 0 bridgehead atoms. The molecule has 6 heteroatoms. The zero-order valence-corrected chi connectivity index (χ0v) is 19.0. The van der Waals surface area contributed by atoms with E-state index in [-0.39, 0.29) is 24.0 Å². The van der Waals surface area contributed by atoms with Gasteiger partial charge in [-0.15, -0.1) is 24.0 Å². The first-order valence-corrected chi connectivity index (χ1v) is 9.03. The number of nitrogens with one attached hydrogen (secondary N) is 2. The maximum absolute atomic E-state index is 5.52. The van der Waals surface area contributed by atoms with Crippen molar-refractivity contribution in [3.63, 3.8) is 0 Å². The van der Waals surface area contributed by atoms with Crippen LogP contribution < -0.4 is 10.6 Å². The summed E-state index contributed by atoms with van der Waals surface area (Å²) in [6.07, 6.45) is 2.36. The van der Waals surface area contributed by atoms with E-state index in [1.165, 1.54) is 6.42 Å². The van der Waals surface area contributed by atoms with Crippen molar-refractivity contribution in [3.05, 3.63) is 0 Å². The van der Waals surface area contributed by atoms with Crippen LogP contribution >= 0.6 is 24.0 Å². The Morgan fingerprint density at radius 3 is 2.54 bits per heavy atom. The van der Waals surface area contributed by atoms with Crippen LogP contribution in [0.1, 0.15) is 54.4 Å². The van der Waals surface area contributed by atoms with Crippen molar-refractivity contribution in [3.8, 4) is 0 Å². The molecular weight excluding hydrogens is 415 g/mol. The van der Waals surface area contributed by atoms with Crippen molar-refractivity contribution < 1.29 is 4.74 Å². The maximum Gasteiger partial charge on any atom is 0.191 e. The fraction of sp³-hybridized carbons (Fsp3) is 0.944. The van der Waals surface area contributed by atoms with Crippen LogP contribution in [-0.4, -0.2) is 62.3 Å². The number of guanidine groups is 1. The van der Waals surface area contributed by atoms with Gasteiger partial charge in [0.15, 0.2) is 5.96 Å². The van der Waals surface area contributed by atoms with Crippen molar-refractivity contribution in [2.45, 2.75) is 72.5 Å². The summed E-state index contributed by atoms with van der Waals surface area (Å²) in [5.74, 6) is 0.902. The van der Waals surface area contributed by atoms with E-state index in [4.69, 9.17) is 4.74 Å². The SMILES string of the molecule is CN=C(NCC(C)N1CCOCC1C)NC(C)CCC(C)(C)C.I. The first kappa shape index (κ1) is 23.9. The van der Waals surface area contributed by atoms with Crippen molar-refractivity contribution in [1.29, 1.82) is 0 Å². The number of halogens is 1. The Balaban J connectivity index is 0.00000529. The minimum absolute atomic E-state index is 0. The van der Waals surface area contributed by atoms with Gasteiger partial charge < -0.3 is 15.4 Å². The monoisotopic (exact) mass is 454 g/mol. The molecule has 1 rings (SSSR count). The number of hydrogen-bond acceptors (Lipinski definition) is 3. The molecule has 0 spiro atoms. The minimum atomic E-state index is 0. The second-order valence-corrected chi connectivity index (χ2v) is 8.11. The van der Waals surface area contributed by atoms with Gasteiger partial charge in [0, 0.05) is 38.3 Å². The van der Waals surface area contributed by atoms with Gasteiger partial charge in [0.1, 0.15) is 0 Å².